The monoisotopic (exact) mass is 267 g/mol. The fourth-order valence-corrected chi connectivity index (χ4v) is 1.89. The Hall–Kier alpha value is -1.88. The van der Waals surface area contributed by atoms with Crippen molar-refractivity contribution < 1.29 is 18.0 Å². The van der Waals surface area contributed by atoms with Crippen molar-refractivity contribution >= 4 is 16.6 Å². The normalized spacial score (nSPS) is 13.5. The van der Waals surface area contributed by atoms with E-state index in [2.05, 4.69) is 0 Å². The highest BCUT2D eigenvalue weighted by Gasteiger charge is 2.38. The van der Waals surface area contributed by atoms with Gasteiger partial charge in [-0.1, -0.05) is 42.5 Å². The Labute approximate surface area is 108 Å². The number of hydrogen-bond acceptors (Lipinski definition) is 2. The molecule has 2 nitrogen and oxygen atoms in total. The van der Waals surface area contributed by atoms with Gasteiger partial charge in [0.05, 0.1) is 0 Å². The Morgan fingerprint density at radius 1 is 1.11 bits per heavy atom. The predicted octanol–water partition coefficient (Wildman–Crippen LogP) is 3.30. The topological polar surface area (TPSA) is 43.1 Å². The predicted molar refractivity (Wildman–Crippen MR) is 66.9 cm³/mol. The molecule has 0 bridgehead atoms. The van der Waals surface area contributed by atoms with Crippen LogP contribution in [0.5, 0.6) is 0 Å². The number of fused-ring (bicyclic) bond motifs is 1. The summed E-state index contributed by atoms with van der Waals surface area (Å²) in [4.78, 5) is 11.9. The lowest BCUT2D eigenvalue weighted by atomic mass is 9.98. The van der Waals surface area contributed by atoms with Gasteiger partial charge in [0, 0.05) is 12.0 Å². The van der Waals surface area contributed by atoms with E-state index in [1.54, 1.807) is 36.4 Å². The van der Waals surface area contributed by atoms with Crippen LogP contribution in [0.1, 0.15) is 16.8 Å². The smallest absolute Gasteiger partial charge is 0.320 e. The highest BCUT2D eigenvalue weighted by atomic mass is 19.4. The molecule has 2 N–H and O–H groups in total. The Morgan fingerprint density at radius 3 is 2.42 bits per heavy atom. The third-order valence-corrected chi connectivity index (χ3v) is 2.92. The molecule has 0 aliphatic carbocycles. The summed E-state index contributed by atoms with van der Waals surface area (Å²) in [7, 11) is 0. The molecular formula is C14H12F3NO. The molecule has 0 spiro atoms. The van der Waals surface area contributed by atoms with E-state index in [0.29, 0.717) is 5.39 Å². The van der Waals surface area contributed by atoms with Crippen LogP contribution in [-0.4, -0.2) is 18.0 Å². The quantitative estimate of drug-likeness (QED) is 0.867. The summed E-state index contributed by atoms with van der Waals surface area (Å²) in [5, 5.41) is 1.46. The first-order valence-corrected chi connectivity index (χ1v) is 5.73. The van der Waals surface area contributed by atoms with Crippen molar-refractivity contribution in [3.05, 3.63) is 48.0 Å². The molecule has 0 aliphatic heterocycles. The number of carbonyl (C=O) groups is 1. The van der Waals surface area contributed by atoms with Crippen molar-refractivity contribution in [2.75, 3.05) is 0 Å². The molecule has 5 heteroatoms. The zero-order chi connectivity index (χ0) is 14.0. The number of benzene rings is 2. The minimum atomic E-state index is -4.56. The van der Waals surface area contributed by atoms with E-state index in [9.17, 15) is 18.0 Å². The highest BCUT2D eigenvalue weighted by Crippen LogP contribution is 2.24. The Bertz CT molecular complexity index is 602. The van der Waals surface area contributed by atoms with Gasteiger partial charge in [0.2, 0.25) is 0 Å². The van der Waals surface area contributed by atoms with Gasteiger partial charge in [-0.3, -0.25) is 4.79 Å². The molecule has 1 atom stereocenters. The van der Waals surface area contributed by atoms with Gasteiger partial charge in [0.25, 0.3) is 0 Å². The summed E-state index contributed by atoms with van der Waals surface area (Å²) in [5.74, 6) is -0.596. The lowest BCUT2D eigenvalue weighted by Gasteiger charge is -2.15. The van der Waals surface area contributed by atoms with Crippen LogP contribution in [0, 0.1) is 0 Å². The average Bonchev–Trinajstić information content (AvgIpc) is 2.36. The van der Waals surface area contributed by atoms with Crippen molar-refractivity contribution in [1.82, 2.24) is 0 Å². The third kappa shape index (κ3) is 2.93. The van der Waals surface area contributed by atoms with Crippen LogP contribution in [0.2, 0.25) is 0 Å². The molecule has 2 aromatic carbocycles. The maximum absolute atomic E-state index is 12.4. The Morgan fingerprint density at radius 2 is 1.74 bits per heavy atom. The van der Waals surface area contributed by atoms with E-state index in [1.165, 1.54) is 6.07 Å². The fraction of sp³-hybridized carbons (Fsp3) is 0.214. The lowest BCUT2D eigenvalue weighted by Crippen LogP contribution is -2.39. The summed E-state index contributed by atoms with van der Waals surface area (Å²) < 4.78 is 37.1. The average molecular weight is 267 g/mol. The zero-order valence-corrected chi connectivity index (χ0v) is 9.95. The molecule has 0 fully saturated rings. The molecule has 19 heavy (non-hydrogen) atoms. The van der Waals surface area contributed by atoms with Gasteiger partial charge >= 0.3 is 6.18 Å². The number of carbonyl (C=O) groups excluding carboxylic acids is 1. The van der Waals surface area contributed by atoms with Gasteiger partial charge in [-0.25, -0.2) is 0 Å². The second-order valence-corrected chi connectivity index (χ2v) is 4.30. The minimum Gasteiger partial charge on any atom is -0.320 e. The van der Waals surface area contributed by atoms with Crippen LogP contribution in [0.25, 0.3) is 10.8 Å². The highest BCUT2D eigenvalue weighted by molar-refractivity contribution is 6.08. The van der Waals surface area contributed by atoms with Crippen molar-refractivity contribution in [1.29, 1.82) is 0 Å². The Balaban J connectivity index is 2.32. The SMILES string of the molecule is NC(CC(=O)c1cccc2ccccc12)C(F)(F)F. The maximum Gasteiger partial charge on any atom is 0.404 e. The van der Waals surface area contributed by atoms with E-state index >= 15 is 0 Å². The molecule has 0 aromatic heterocycles. The summed E-state index contributed by atoms with van der Waals surface area (Å²) >= 11 is 0. The first-order valence-electron chi connectivity index (χ1n) is 5.73. The lowest BCUT2D eigenvalue weighted by molar-refractivity contribution is -0.146. The number of Topliss-reactive ketones (excluding diaryl/α,β-unsaturated/α-hetero) is 1. The van der Waals surface area contributed by atoms with Gasteiger partial charge in [-0.2, -0.15) is 13.2 Å². The molecule has 0 aliphatic rings. The van der Waals surface area contributed by atoms with Crippen LogP contribution in [0.15, 0.2) is 42.5 Å². The summed E-state index contributed by atoms with van der Waals surface area (Å²) in [6, 6.07) is 9.90. The van der Waals surface area contributed by atoms with Crippen LogP contribution >= 0.6 is 0 Å². The third-order valence-electron chi connectivity index (χ3n) is 2.92. The summed E-state index contributed by atoms with van der Waals surface area (Å²) in [6.45, 7) is 0. The van der Waals surface area contributed by atoms with E-state index in [4.69, 9.17) is 5.73 Å². The molecule has 2 aromatic rings. The minimum absolute atomic E-state index is 0.276. The van der Waals surface area contributed by atoms with Crippen molar-refractivity contribution in [3.63, 3.8) is 0 Å². The molecule has 1 unspecified atom stereocenters. The molecule has 0 heterocycles. The van der Waals surface area contributed by atoms with Gasteiger partial charge in [-0.05, 0) is 10.8 Å². The number of hydrogen-bond donors (Lipinski definition) is 1. The second kappa shape index (κ2) is 5.01. The number of nitrogens with two attached hydrogens (primary N) is 1. The standard InChI is InChI=1S/C14H12F3NO/c15-14(16,17)13(18)8-12(19)11-7-3-5-9-4-1-2-6-10(9)11/h1-7,13H,8,18H2. The van der Waals surface area contributed by atoms with Gasteiger partial charge < -0.3 is 5.73 Å². The van der Waals surface area contributed by atoms with E-state index in [-0.39, 0.29) is 5.56 Å². The maximum atomic E-state index is 12.4. The molecule has 0 amide bonds. The van der Waals surface area contributed by atoms with Gasteiger partial charge in [0.15, 0.2) is 5.78 Å². The first-order chi connectivity index (χ1) is 8.89. The number of ketones is 1. The largest absolute Gasteiger partial charge is 0.404 e. The van der Waals surface area contributed by atoms with Crippen molar-refractivity contribution in [3.8, 4) is 0 Å². The second-order valence-electron chi connectivity index (χ2n) is 4.30. The van der Waals surface area contributed by atoms with Crippen LogP contribution in [-0.2, 0) is 0 Å². The van der Waals surface area contributed by atoms with Crippen LogP contribution in [0.4, 0.5) is 13.2 Å². The van der Waals surface area contributed by atoms with Crippen LogP contribution in [0.3, 0.4) is 0 Å². The first kappa shape index (κ1) is 13.5. The zero-order valence-electron chi connectivity index (χ0n) is 9.95. The Kier molecular flexibility index (Phi) is 3.57. The fourth-order valence-electron chi connectivity index (χ4n) is 1.89. The van der Waals surface area contributed by atoms with Crippen LogP contribution < -0.4 is 5.73 Å². The molecule has 2 rings (SSSR count). The molecule has 0 saturated carbocycles. The summed E-state index contributed by atoms with van der Waals surface area (Å²) in [6.07, 6.45) is -5.29. The van der Waals surface area contributed by atoms with Gasteiger partial charge in [0.1, 0.15) is 6.04 Å². The number of alkyl halides is 3. The van der Waals surface area contributed by atoms with E-state index in [0.717, 1.165) is 5.39 Å². The number of halogens is 3. The summed E-state index contributed by atoms with van der Waals surface area (Å²) in [5.41, 5.74) is 5.26. The number of rotatable bonds is 3. The van der Waals surface area contributed by atoms with E-state index in [1.807, 2.05) is 0 Å². The molecule has 0 saturated heterocycles. The van der Waals surface area contributed by atoms with E-state index < -0.39 is 24.4 Å². The molecular weight excluding hydrogens is 255 g/mol. The van der Waals surface area contributed by atoms with Crippen molar-refractivity contribution in [2.45, 2.75) is 18.6 Å². The van der Waals surface area contributed by atoms with Crippen molar-refractivity contribution in [2.24, 2.45) is 5.73 Å². The molecule has 100 valence electrons. The van der Waals surface area contributed by atoms with Gasteiger partial charge in [-0.15, -0.1) is 0 Å². The molecule has 0 radical (unpaired) electrons.